The lowest BCUT2D eigenvalue weighted by molar-refractivity contribution is 0.399. The second-order valence-electron chi connectivity index (χ2n) is 8.01. The summed E-state index contributed by atoms with van der Waals surface area (Å²) in [6.07, 6.45) is 0. The summed E-state index contributed by atoms with van der Waals surface area (Å²) in [5.41, 5.74) is 5.03. The molecule has 0 aliphatic rings. The Labute approximate surface area is 211 Å². The molecular formula is C28H20N4O3S. The lowest BCUT2D eigenvalue weighted by Gasteiger charge is -2.00. The van der Waals surface area contributed by atoms with Gasteiger partial charge >= 0.3 is 0 Å². The van der Waals surface area contributed by atoms with Crippen LogP contribution in [-0.4, -0.2) is 20.3 Å². The maximum Gasteiger partial charge on any atom is 0.257 e. The second-order valence-corrected chi connectivity index (χ2v) is 8.93. The van der Waals surface area contributed by atoms with E-state index in [2.05, 4.69) is 15.4 Å². The molecule has 0 radical (unpaired) electrons. The van der Waals surface area contributed by atoms with Crippen molar-refractivity contribution in [1.29, 1.82) is 0 Å². The van der Waals surface area contributed by atoms with Crippen LogP contribution < -0.4 is 0 Å². The molecule has 0 spiro atoms. The van der Waals surface area contributed by atoms with E-state index in [0.29, 0.717) is 39.8 Å². The van der Waals surface area contributed by atoms with Gasteiger partial charge in [-0.25, -0.2) is 4.98 Å². The van der Waals surface area contributed by atoms with Gasteiger partial charge in [0.2, 0.25) is 5.89 Å². The summed E-state index contributed by atoms with van der Waals surface area (Å²) >= 11 is 1.40. The molecule has 6 rings (SSSR count). The van der Waals surface area contributed by atoms with Crippen LogP contribution in [0.3, 0.4) is 0 Å². The van der Waals surface area contributed by atoms with Crippen molar-refractivity contribution in [2.75, 3.05) is 0 Å². The molecule has 8 heteroatoms. The third-order valence-electron chi connectivity index (χ3n) is 5.60. The van der Waals surface area contributed by atoms with Crippen molar-refractivity contribution in [2.45, 2.75) is 17.9 Å². The highest BCUT2D eigenvalue weighted by Gasteiger charge is 2.23. The quantitative estimate of drug-likeness (QED) is 0.214. The molecule has 0 aliphatic carbocycles. The molecule has 0 saturated heterocycles. The molecule has 3 aromatic heterocycles. The van der Waals surface area contributed by atoms with E-state index >= 15 is 0 Å². The molecule has 3 aromatic carbocycles. The Hall–Kier alpha value is -4.43. The van der Waals surface area contributed by atoms with Gasteiger partial charge in [0, 0.05) is 16.7 Å². The van der Waals surface area contributed by atoms with Crippen LogP contribution in [0.15, 0.2) is 110 Å². The van der Waals surface area contributed by atoms with E-state index in [1.54, 1.807) is 0 Å². The normalized spacial score (nSPS) is 11.1. The molecule has 176 valence electrons. The molecule has 0 bridgehead atoms. The highest BCUT2D eigenvalue weighted by atomic mass is 32.2. The second kappa shape index (κ2) is 9.67. The van der Waals surface area contributed by atoms with E-state index in [4.69, 9.17) is 18.3 Å². The Bertz CT molecular complexity index is 1540. The molecule has 0 N–H and O–H groups in total. The SMILES string of the molecule is Cc1onc(-c2ccccc2)c1-c1nnc(CSc2nc(-c3ccccc3)c(-c3ccccc3)o2)o1. The summed E-state index contributed by atoms with van der Waals surface area (Å²) in [5, 5.41) is 13.2. The van der Waals surface area contributed by atoms with Gasteiger partial charge in [-0.2, -0.15) is 0 Å². The lowest BCUT2D eigenvalue weighted by Crippen LogP contribution is -1.84. The molecular weight excluding hydrogens is 472 g/mol. The standard InChI is InChI=1S/C28H20N4O3S/c1-18-23(24(32-35-18)19-11-5-2-6-12-19)27-31-30-22(33-27)17-36-28-29-25(20-13-7-3-8-14-20)26(34-28)21-15-9-4-10-16-21/h2-16H,17H2,1H3. The summed E-state index contributed by atoms with van der Waals surface area (Å²) in [7, 11) is 0. The van der Waals surface area contributed by atoms with Gasteiger partial charge in [-0.1, -0.05) is 108 Å². The first-order valence-corrected chi connectivity index (χ1v) is 12.3. The van der Waals surface area contributed by atoms with Crippen LogP contribution in [0, 0.1) is 6.92 Å². The van der Waals surface area contributed by atoms with E-state index in [0.717, 1.165) is 28.1 Å². The van der Waals surface area contributed by atoms with Crippen molar-refractivity contribution >= 4 is 11.8 Å². The topological polar surface area (TPSA) is 91.0 Å². The predicted molar refractivity (Wildman–Crippen MR) is 137 cm³/mol. The molecule has 7 nitrogen and oxygen atoms in total. The average Bonchev–Trinajstić information content (AvgIpc) is 3.67. The Morgan fingerprint density at radius 2 is 1.31 bits per heavy atom. The van der Waals surface area contributed by atoms with E-state index < -0.39 is 0 Å². The Morgan fingerprint density at radius 1 is 0.694 bits per heavy atom. The van der Waals surface area contributed by atoms with Crippen molar-refractivity contribution in [3.8, 4) is 45.3 Å². The van der Waals surface area contributed by atoms with E-state index in [1.165, 1.54) is 11.8 Å². The third kappa shape index (κ3) is 4.34. The number of aromatic nitrogens is 4. The Balaban J connectivity index is 1.26. The van der Waals surface area contributed by atoms with Crippen LogP contribution in [0.1, 0.15) is 11.7 Å². The fourth-order valence-electron chi connectivity index (χ4n) is 3.89. The number of hydrogen-bond acceptors (Lipinski definition) is 8. The number of hydrogen-bond donors (Lipinski definition) is 0. The molecule has 6 aromatic rings. The van der Waals surface area contributed by atoms with Crippen LogP contribution in [0.2, 0.25) is 0 Å². The fourth-order valence-corrected chi connectivity index (χ4v) is 4.55. The number of rotatable bonds is 7. The molecule has 0 unspecified atom stereocenters. The van der Waals surface area contributed by atoms with Crippen molar-refractivity contribution in [2.24, 2.45) is 0 Å². The molecule has 0 atom stereocenters. The first-order chi connectivity index (χ1) is 17.8. The first-order valence-electron chi connectivity index (χ1n) is 11.3. The minimum atomic E-state index is 0.366. The molecule has 3 heterocycles. The van der Waals surface area contributed by atoms with Crippen molar-refractivity contribution in [3.05, 3.63) is 103 Å². The highest BCUT2D eigenvalue weighted by Crippen LogP contribution is 2.37. The smallest absolute Gasteiger partial charge is 0.257 e. The first kappa shape index (κ1) is 22.1. The largest absolute Gasteiger partial charge is 0.431 e. The molecule has 0 amide bonds. The molecule has 0 aliphatic heterocycles. The van der Waals surface area contributed by atoms with Gasteiger partial charge in [0.25, 0.3) is 11.1 Å². The monoisotopic (exact) mass is 492 g/mol. The number of nitrogens with zero attached hydrogens (tertiary/aromatic N) is 4. The summed E-state index contributed by atoms with van der Waals surface area (Å²) < 4.78 is 17.6. The van der Waals surface area contributed by atoms with Crippen LogP contribution in [0.25, 0.3) is 45.3 Å². The highest BCUT2D eigenvalue weighted by molar-refractivity contribution is 7.98. The Kier molecular flexibility index (Phi) is 5.93. The van der Waals surface area contributed by atoms with Gasteiger partial charge in [-0.05, 0) is 6.92 Å². The number of oxazole rings is 1. The molecule has 36 heavy (non-hydrogen) atoms. The van der Waals surface area contributed by atoms with E-state index in [-0.39, 0.29) is 0 Å². The minimum Gasteiger partial charge on any atom is -0.431 e. The lowest BCUT2D eigenvalue weighted by atomic mass is 10.1. The van der Waals surface area contributed by atoms with Crippen molar-refractivity contribution in [1.82, 2.24) is 20.3 Å². The van der Waals surface area contributed by atoms with Gasteiger partial charge < -0.3 is 13.4 Å². The van der Waals surface area contributed by atoms with Gasteiger partial charge in [-0.15, -0.1) is 10.2 Å². The number of aryl methyl sites for hydroxylation is 1. The molecule has 0 fully saturated rings. The van der Waals surface area contributed by atoms with E-state index in [9.17, 15) is 0 Å². The maximum atomic E-state index is 6.19. The zero-order valence-corrected chi connectivity index (χ0v) is 20.1. The zero-order valence-electron chi connectivity index (χ0n) is 19.3. The van der Waals surface area contributed by atoms with Gasteiger partial charge in [-0.3, -0.25) is 0 Å². The summed E-state index contributed by atoms with van der Waals surface area (Å²) in [6.45, 7) is 1.83. The fraction of sp³-hybridized carbons (Fsp3) is 0.0714. The van der Waals surface area contributed by atoms with Crippen molar-refractivity contribution in [3.63, 3.8) is 0 Å². The van der Waals surface area contributed by atoms with Gasteiger partial charge in [0.1, 0.15) is 22.7 Å². The predicted octanol–water partition coefficient (Wildman–Crippen LogP) is 7.31. The number of benzene rings is 3. The van der Waals surface area contributed by atoms with Crippen molar-refractivity contribution < 1.29 is 13.4 Å². The van der Waals surface area contributed by atoms with Crippen LogP contribution in [0.4, 0.5) is 0 Å². The summed E-state index contributed by atoms with van der Waals surface area (Å²) in [4.78, 5) is 4.78. The van der Waals surface area contributed by atoms with Crippen LogP contribution in [0.5, 0.6) is 0 Å². The van der Waals surface area contributed by atoms with E-state index in [1.807, 2.05) is 97.9 Å². The zero-order chi connectivity index (χ0) is 24.3. The summed E-state index contributed by atoms with van der Waals surface area (Å²) in [6, 6.07) is 29.7. The van der Waals surface area contributed by atoms with Crippen LogP contribution >= 0.6 is 11.8 Å². The Morgan fingerprint density at radius 3 is 1.97 bits per heavy atom. The summed E-state index contributed by atoms with van der Waals surface area (Å²) in [5.74, 6) is 2.56. The minimum absolute atomic E-state index is 0.366. The van der Waals surface area contributed by atoms with Crippen LogP contribution in [-0.2, 0) is 5.75 Å². The molecule has 0 saturated carbocycles. The third-order valence-corrected chi connectivity index (χ3v) is 6.41. The van der Waals surface area contributed by atoms with Gasteiger partial charge in [0.05, 0.1) is 5.75 Å². The number of thioether (sulfide) groups is 1. The van der Waals surface area contributed by atoms with Gasteiger partial charge in [0.15, 0.2) is 5.76 Å². The maximum absolute atomic E-state index is 6.19. The average molecular weight is 493 g/mol.